The van der Waals surface area contributed by atoms with Gasteiger partial charge in [-0.15, -0.1) is 0 Å². The minimum absolute atomic E-state index is 0.0157. The van der Waals surface area contributed by atoms with Crippen LogP contribution in [-0.2, 0) is 21.1 Å². The van der Waals surface area contributed by atoms with Crippen molar-refractivity contribution in [1.82, 2.24) is 5.32 Å². The molecule has 1 aliphatic heterocycles. The lowest BCUT2D eigenvalue weighted by Crippen LogP contribution is -2.43. The monoisotopic (exact) mass is 310 g/mol. The summed E-state index contributed by atoms with van der Waals surface area (Å²) < 4.78 is 22.1. The predicted octanol–water partition coefficient (Wildman–Crippen LogP) is 1.21. The standard InChI is InChI=1S/C15H22N2O3S/c1-11-13(10-12-6-3-4-7-14(12)17-11)15(18)16-8-5-9-21(2,19)20/h3-4,6-7,11,13,17H,5,8-10H2,1-2H3,(H,16,18). The molecule has 0 radical (unpaired) electrons. The Kier molecular flexibility index (Phi) is 4.88. The van der Waals surface area contributed by atoms with Crippen molar-refractivity contribution in [1.29, 1.82) is 0 Å². The van der Waals surface area contributed by atoms with Crippen LogP contribution in [0.25, 0.3) is 0 Å². The lowest BCUT2D eigenvalue weighted by atomic mass is 9.87. The fraction of sp³-hybridized carbons (Fsp3) is 0.533. The molecule has 0 bridgehead atoms. The predicted molar refractivity (Wildman–Crippen MR) is 84.1 cm³/mol. The van der Waals surface area contributed by atoms with E-state index in [1.807, 2.05) is 31.2 Å². The molecule has 1 aromatic carbocycles. The molecular formula is C15H22N2O3S. The van der Waals surface area contributed by atoms with Crippen molar-refractivity contribution in [2.75, 3.05) is 23.9 Å². The molecule has 0 fully saturated rings. The fourth-order valence-electron chi connectivity index (χ4n) is 2.60. The summed E-state index contributed by atoms with van der Waals surface area (Å²) in [5.74, 6) is -0.0367. The van der Waals surface area contributed by atoms with Crippen molar-refractivity contribution in [2.24, 2.45) is 5.92 Å². The quantitative estimate of drug-likeness (QED) is 0.802. The Bertz CT molecular complexity index is 613. The number of benzene rings is 1. The largest absolute Gasteiger partial charge is 0.382 e. The molecule has 5 nitrogen and oxygen atoms in total. The highest BCUT2D eigenvalue weighted by atomic mass is 32.2. The number of carbonyl (C=O) groups excluding carboxylic acids is 1. The van der Waals surface area contributed by atoms with Crippen LogP contribution in [0.5, 0.6) is 0 Å². The molecule has 2 unspecified atom stereocenters. The Morgan fingerprint density at radius 2 is 2.10 bits per heavy atom. The third-order valence-electron chi connectivity index (χ3n) is 3.77. The van der Waals surface area contributed by atoms with Crippen LogP contribution in [-0.4, -0.2) is 38.9 Å². The highest BCUT2D eigenvalue weighted by molar-refractivity contribution is 7.90. The second kappa shape index (κ2) is 6.47. The van der Waals surface area contributed by atoms with Crippen molar-refractivity contribution in [3.63, 3.8) is 0 Å². The van der Waals surface area contributed by atoms with Gasteiger partial charge in [-0.2, -0.15) is 0 Å². The Labute approximate surface area is 126 Å². The van der Waals surface area contributed by atoms with E-state index in [2.05, 4.69) is 10.6 Å². The minimum Gasteiger partial charge on any atom is -0.382 e. The zero-order valence-corrected chi connectivity index (χ0v) is 13.2. The number of nitrogens with one attached hydrogen (secondary N) is 2. The van der Waals surface area contributed by atoms with Crippen LogP contribution in [0.2, 0.25) is 0 Å². The van der Waals surface area contributed by atoms with Crippen LogP contribution in [0.3, 0.4) is 0 Å². The third kappa shape index (κ3) is 4.46. The summed E-state index contributed by atoms with van der Waals surface area (Å²) in [5.41, 5.74) is 2.23. The molecule has 2 rings (SSSR count). The van der Waals surface area contributed by atoms with E-state index in [1.165, 1.54) is 6.26 Å². The van der Waals surface area contributed by atoms with Crippen molar-refractivity contribution < 1.29 is 13.2 Å². The smallest absolute Gasteiger partial charge is 0.225 e. The van der Waals surface area contributed by atoms with E-state index in [1.54, 1.807) is 0 Å². The highest BCUT2D eigenvalue weighted by Crippen LogP contribution is 2.28. The normalized spacial score (nSPS) is 21.2. The molecule has 2 atom stereocenters. The minimum atomic E-state index is -2.96. The second-order valence-electron chi connectivity index (χ2n) is 5.68. The maximum atomic E-state index is 12.2. The van der Waals surface area contributed by atoms with Gasteiger partial charge in [-0.1, -0.05) is 18.2 Å². The van der Waals surface area contributed by atoms with Gasteiger partial charge in [0.25, 0.3) is 0 Å². The zero-order chi connectivity index (χ0) is 15.5. The van der Waals surface area contributed by atoms with Gasteiger partial charge in [0.2, 0.25) is 5.91 Å². The molecular weight excluding hydrogens is 288 g/mol. The van der Waals surface area contributed by atoms with Crippen LogP contribution in [0.4, 0.5) is 5.69 Å². The fourth-order valence-corrected chi connectivity index (χ4v) is 3.26. The van der Waals surface area contributed by atoms with Crippen molar-refractivity contribution in [3.8, 4) is 0 Å². The molecule has 0 saturated carbocycles. The summed E-state index contributed by atoms with van der Waals surface area (Å²) in [6.07, 6.45) is 2.37. The number of amides is 1. The van der Waals surface area contributed by atoms with Crippen LogP contribution in [0.15, 0.2) is 24.3 Å². The van der Waals surface area contributed by atoms with Gasteiger partial charge in [0.1, 0.15) is 9.84 Å². The number of fused-ring (bicyclic) bond motifs is 1. The molecule has 2 N–H and O–H groups in total. The van der Waals surface area contributed by atoms with Crippen LogP contribution < -0.4 is 10.6 Å². The number of rotatable bonds is 5. The molecule has 0 spiro atoms. The number of anilines is 1. The van der Waals surface area contributed by atoms with Gasteiger partial charge >= 0.3 is 0 Å². The lowest BCUT2D eigenvalue weighted by molar-refractivity contribution is -0.125. The van der Waals surface area contributed by atoms with E-state index in [-0.39, 0.29) is 23.6 Å². The molecule has 21 heavy (non-hydrogen) atoms. The average Bonchev–Trinajstić information content (AvgIpc) is 2.41. The van der Waals surface area contributed by atoms with E-state index in [0.29, 0.717) is 19.4 Å². The summed E-state index contributed by atoms with van der Waals surface area (Å²) in [6, 6.07) is 8.06. The Hall–Kier alpha value is -1.56. The second-order valence-corrected chi connectivity index (χ2v) is 7.93. The number of carbonyl (C=O) groups is 1. The molecule has 6 heteroatoms. The Morgan fingerprint density at radius 3 is 2.81 bits per heavy atom. The Morgan fingerprint density at radius 1 is 1.38 bits per heavy atom. The van der Waals surface area contributed by atoms with Crippen LogP contribution in [0.1, 0.15) is 18.9 Å². The number of hydrogen-bond donors (Lipinski definition) is 2. The maximum Gasteiger partial charge on any atom is 0.225 e. The van der Waals surface area contributed by atoms with Gasteiger partial charge in [-0.25, -0.2) is 8.42 Å². The van der Waals surface area contributed by atoms with Gasteiger partial charge in [-0.3, -0.25) is 4.79 Å². The van der Waals surface area contributed by atoms with E-state index in [0.717, 1.165) is 11.3 Å². The first-order valence-electron chi connectivity index (χ1n) is 7.17. The molecule has 1 aliphatic rings. The molecule has 0 aliphatic carbocycles. The van der Waals surface area contributed by atoms with Gasteiger partial charge in [0.05, 0.1) is 11.7 Å². The molecule has 1 amide bonds. The van der Waals surface area contributed by atoms with Crippen molar-refractivity contribution >= 4 is 21.4 Å². The average molecular weight is 310 g/mol. The topological polar surface area (TPSA) is 75.3 Å². The first kappa shape index (κ1) is 15.8. The first-order chi connectivity index (χ1) is 9.87. The van der Waals surface area contributed by atoms with E-state index < -0.39 is 9.84 Å². The van der Waals surface area contributed by atoms with Crippen LogP contribution >= 0.6 is 0 Å². The zero-order valence-electron chi connectivity index (χ0n) is 12.4. The molecule has 1 aromatic rings. The van der Waals surface area contributed by atoms with Gasteiger partial charge in [0, 0.05) is 24.5 Å². The summed E-state index contributed by atoms with van der Waals surface area (Å²) in [7, 11) is -2.96. The molecule has 0 aromatic heterocycles. The van der Waals surface area contributed by atoms with E-state index in [4.69, 9.17) is 0 Å². The number of para-hydroxylation sites is 1. The Balaban J connectivity index is 1.88. The summed E-state index contributed by atoms with van der Waals surface area (Å²) >= 11 is 0. The summed E-state index contributed by atoms with van der Waals surface area (Å²) in [5, 5.41) is 6.19. The van der Waals surface area contributed by atoms with Crippen molar-refractivity contribution in [3.05, 3.63) is 29.8 Å². The summed E-state index contributed by atoms with van der Waals surface area (Å²) in [4.78, 5) is 12.2. The van der Waals surface area contributed by atoms with Crippen molar-refractivity contribution in [2.45, 2.75) is 25.8 Å². The highest BCUT2D eigenvalue weighted by Gasteiger charge is 2.29. The van der Waals surface area contributed by atoms with Gasteiger partial charge in [0.15, 0.2) is 0 Å². The van der Waals surface area contributed by atoms with Crippen LogP contribution in [0, 0.1) is 5.92 Å². The first-order valence-corrected chi connectivity index (χ1v) is 9.23. The summed E-state index contributed by atoms with van der Waals surface area (Å²) in [6.45, 7) is 2.40. The number of hydrogen-bond acceptors (Lipinski definition) is 4. The molecule has 1 heterocycles. The third-order valence-corrected chi connectivity index (χ3v) is 4.80. The van der Waals surface area contributed by atoms with Gasteiger partial charge < -0.3 is 10.6 Å². The number of sulfone groups is 1. The van der Waals surface area contributed by atoms with E-state index in [9.17, 15) is 13.2 Å². The molecule has 0 saturated heterocycles. The van der Waals surface area contributed by atoms with Gasteiger partial charge in [-0.05, 0) is 31.4 Å². The lowest BCUT2D eigenvalue weighted by Gasteiger charge is -2.31. The molecule has 116 valence electrons. The van der Waals surface area contributed by atoms with E-state index >= 15 is 0 Å². The maximum absolute atomic E-state index is 12.2. The SMILES string of the molecule is CC1Nc2ccccc2CC1C(=O)NCCCS(C)(=O)=O.